The summed E-state index contributed by atoms with van der Waals surface area (Å²) in [6.45, 7) is 5.62. The predicted molar refractivity (Wildman–Crippen MR) is 167 cm³/mol. The van der Waals surface area contributed by atoms with E-state index in [0.29, 0.717) is 18.8 Å². The minimum Gasteiger partial charge on any atom is -0.248 e. The van der Waals surface area contributed by atoms with Crippen LogP contribution in [0.2, 0.25) is 0 Å². The lowest BCUT2D eigenvalue weighted by molar-refractivity contribution is -0.261. The van der Waals surface area contributed by atoms with E-state index >= 15 is 0 Å². The fraction of sp³-hybridized carbons (Fsp3) is 0.829. The normalized spacial score (nSPS) is 17.8. The van der Waals surface area contributed by atoms with Crippen LogP contribution in [-0.4, -0.2) is 23.9 Å². The molecule has 0 heterocycles. The minimum absolute atomic E-state index is 0.116. The third-order valence-electron chi connectivity index (χ3n) is 8.31. The quantitative estimate of drug-likeness (QED) is 0.0462. The average Bonchev–Trinajstić information content (AvgIpc) is 3.00. The molecule has 0 saturated heterocycles. The summed E-state index contributed by atoms with van der Waals surface area (Å²) in [5, 5.41) is 0. The van der Waals surface area contributed by atoms with Crippen molar-refractivity contribution in [3.8, 4) is 0 Å². The summed E-state index contributed by atoms with van der Waals surface area (Å²) in [5.74, 6) is -1.93. The molecule has 1 aliphatic carbocycles. The lowest BCUT2D eigenvalue weighted by Gasteiger charge is -2.30. The van der Waals surface area contributed by atoms with Crippen molar-refractivity contribution >= 4 is 23.9 Å². The Labute approximate surface area is 260 Å². The maximum absolute atomic E-state index is 12.7. The molecule has 0 radical (unpaired) electrons. The molecular formula is C35H60O8. The standard InChI is InChI=1S/C35H60O8/c1-4-6-8-10-11-12-13-16-20-24-33(37)41-42-34(38)25-21-17-14-15-18-22-30-26-27-31(23-19-9-7-5-2)32(28-30)35(39)43-40-29(3)36/h26-27,30-32H,4-25,28H2,1-3H3. The summed E-state index contributed by atoms with van der Waals surface area (Å²) < 4.78 is 0. The van der Waals surface area contributed by atoms with Gasteiger partial charge in [-0.15, -0.1) is 0 Å². The topological polar surface area (TPSA) is 105 Å². The highest BCUT2D eigenvalue weighted by Gasteiger charge is 2.34. The number of allylic oxidation sites excluding steroid dienone is 2. The Balaban J connectivity index is 2.14. The molecule has 0 aliphatic heterocycles. The smallest absolute Gasteiger partial charge is 0.248 e. The summed E-state index contributed by atoms with van der Waals surface area (Å²) >= 11 is 0. The van der Waals surface area contributed by atoms with Gasteiger partial charge in [-0.1, -0.05) is 129 Å². The molecule has 1 aliphatic rings. The molecule has 3 atom stereocenters. The van der Waals surface area contributed by atoms with Gasteiger partial charge in [0.05, 0.1) is 18.8 Å². The number of carbonyl (C=O) groups is 4. The number of hydrogen-bond donors (Lipinski definition) is 0. The number of carbonyl (C=O) groups excluding carboxylic acids is 4. The van der Waals surface area contributed by atoms with Gasteiger partial charge >= 0.3 is 23.9 Å². The van der Waals surface area contributed by atoms with Crippen molar-refractivity contribution in [1.29, 1.82) is 0 Å². The molecule has 248 valence electrons. The second-order valence-corrected chi connectivity index (χ2v) is 12.3. The van der Waals surface area contributed by atoms with Crippen LogP contribution in [0.15, 0.2) is 12.2 Å². The van der Waals surface area contributed by atoms with Gasteiger partial charge in [0.1, 0.15) is 0 Å². The van der Waals surface area contributed by atoms with E-state index in [2.05, 4.69) is 40.7 Å². The molecule has 1 rings (SSSR count). The highest BCUT2D eigenvalue weighted by atomic mass is 17.2. The fourth-order valence-corrected chi connectivity index (χ4v) is 5.73. The Hall–Kier alpha value is -2.38. The van der Waals surface area contributed by atoms with Crippen molar-refractivity contribution in [1.82, 2.24) is 0 Å². The Bertz CT molecular complexity index is 793. The van der Waals surface area contributed by atoms with Gasteiger partial charge in [-0.25, -0.2) is 38.7 Å². The zero-order chi connectivity index (χ0) is 31.5. The van der Waals surface area contributed by atoms with Crippen LogP contribution in [0.3, 0.4) is 0 Å². The van der Waals surface area contributed by atoms with Gasteiger partial charge in [-0.2, -0.15) is 0 Å². The van der Waals surface area contributed by atoms with Crippen molar-refractivity contribution in [3.05, 3.63) is 12.2 Å². The molecule has 0 spiro atoms. The summed E-state index contributed by atoms with van der Waals surface area (Å²) in [6.07, 6.45) is 27.3. The lowest BCUT2D eigenvalue weighted by atomic mass is 9.75. The zero-order valence-electron chi connectivity index (χ0n) is 27.4. The molecule has 0 amide bonds. The third-order valence-corrected chi connectivity index (χ3v) is 8.31. The predicted octanol–water partition coefficient (Wildman–Crippen LogP) is 9.44. The highest BCUT2D eigenvalue weighted by Crippen LogP contribution is 2.35. The van der Waals surface area contributed by atoms with Crippen LogP contribution in [0.5, 0.6) is 0 Å². The largest absolute Gasteiger partial charge is 0.359 e. The highest BCUT2D eigenvalue weighted by molar-refractivity contribution is 5.74. The molecule has 0 aromatic rings. The molecule has 0 saturated carbocycles. The van der Waals surface area contributed by atoms with Crippen molar-refractivity contribution in [2.24, 2.45) is 17.8 Å². The number of unbranched alkanes of at least 4 members (excludes halogenated alkanes) is 15. The van der Waals surface area contributed by atoms with E-state index in [9.17, 15) is 19.2 Å². The van der Waals surface area contributed by atoms with Crippen molar-refractivity contribution in [2.75, 3.05) is 0 Å². The van der Waals surface area contributed by atoms with Crippen LogP contribution >= 0.6 is 0 Å². The van der Waals surface area contributed by atoms with Crippen LogP contribution < -0.4 is 0 Å². The molecule has 0 bridgehead atoms. The molecular weight excluding hydrogens is 548 g/mol. The van der Waals surface area contributed by atoms with Crippen molar-refractivity contribution in [2.45, 2.75) is 168 Å². The van der Waals surface area contributed by atoms with Crippen LogP contribution in [0.1, 0.15) is 168 Å². The molecule has 0 aromatic carbocycles. The average molecular weight is 609 g/mol. The SMILES string of the molecule is CCCCCCCCCCCC(=O)OOC(=O)CCCCCCCC1C=CC(CCCCCC)C(C(=O)OOC(C)=O)C1. The first kappa shape index (κ1) is 38.6. The van der Waals surface area contributed by atoms with Crippen molar-refractivity contribution < 1.29 is 38.7 Å². The minimum atomic E-state index is -0.630. The summed E-state index contributed by atoms with van der Waals surface area (Å²) in [7, 11) is 0. The Morgan fingerprint density at radius 3 is 1.56 bits per heavy atom. The van der Waals surface area contributed by atoms with Gasteiger partial charge in [-0.05, 0) is 43.9 Å². The van der Waals surface area contributed by atoms with E-state index in [4.69, 9.17) is 4.89 Å². The van der Waals surface area contributed by atoms with E-state index in [-0.39, 0.29) is 24.7 Å². The van der Waals surface area contributed by atoms with Gasteiger partial charge < -0.3 is 0 Å². The molecule has 43 heavy (non-hydrogen) atoms. The third kappa shape index (κ3) is 21.0. The van der Waals surface area contributed by atoms with E-state index in [1.165, 1.54) is 58.3 Å². The van der Waals surface area contributed by atoms with Crippen LogP contribution in [0.4, 0.5) is 0 Å². The van der Waals surface area contributed by atoms with Gasteiger partial charge in [0.15, 0.2) is 0 Å². The van der Waals surface area contributed by atoms with Crippen LogP contribution in [0.25, 0.3) is 0 Å². The van der Waals surface area contributed by atoms with Gasteiger partial charge in [0.2, 0.25) is 0 Å². The van der Waals surface area contributed by atoms with E-state index in [1.807, 2.05) is 0 Å². The first-order valence-electron chi connectivity index (χ1n) is 17.3. The maximum Gasteiger partial charge on any atom is 0.359 e. The monoisotopic (exact) mass is 608 g/mol. The summed E-state index contributed by atoms with van der Waals surface area (Å²) in [6, 6.07) is 0. The second kappa shape index (κ2) is 26.1. The first-order chi connectivity index (χ1) is 20.9. The molecule has 0 N–H and O–H groups in total. The molecule has 8 nitrogen and oxygen atoms in total. The number of hydrogen-bond acceptors (Lipinski definition) is 8. The molecule has 0 fully saturated rings. The fourth-order valence-electron chi connectivity index (χ4n) is 5.73. The van der Waals surface area contributed by atoms with Gasteiger partial charge in [0, 0.05) is 6.92 Å². The van der Waals surface area contributed by atoms with Gasteiger partial charge in [0.25, 0.3) is 0 Å². The van der Waals surface area contributed by atoms with E-state index < -0.39 is 23.9 Å². The summed E-state index contributed by atoms with van der Waals surface area (Å²) in [5.41, 5.74) is 0. The summed E-state index contributed by atoms with van der Waals surface area (Å²) in [4.78, 5) is 66.1. The second-order valence-electron chi connectivity index (χ2n) is 12.3. The molecule has 3 unspecified atom stereocenters. The first-order valence-corrected chi connectivity index (χ1v) is 17.3. The Morgan fingerprint density at radius 2 is 1.02 bits per heavy atom. The maximum atomic E-state index is 12.7. The number of rotatable bonds is 24. The van der Waals surface area contributed by atoms with Crippen molar-refractivity contribution in [3.63, 3.8) is 0 Å². The van der Waals surface area contributed by atoms with E-state index in [0.717, 1.165) is 70.6 Å². The van der Waals surface area contributed by atoms with E-state index in [1.54, 1.807) is 0 Å². The lowest BCUT2D eigenvalue weighted by Crippen LogP contribution is -2.30. The molecule has 8 heteroatoms. The van der Waals surface area contributed by atoms with Crippen LogP contribution in [0, 0.1) is 17.8 Å². The Kier molecular flexibility index (Phi) is 23.4. The molecule has 0 aromatic heterocycles. The van der Waals surface area contributed by atoms with Gasteiger partial charge in [-0.3, -0.25) is 0 Å². The van der Waals surface area contributed by atoms with Crippen LogP contribution in [-0.2, 0) is 38.7 Å². The Morgan fingerprint density at radius 1 is 0.558 bits per heavy atom. The zero-order valence-corrected chi connectivity index (χ0v) is 27.4.